The van der Waals surface area contributed by atoms with Gasteiger partial charge in [0.15, 0.2) is 0 Å². The maximum atomic E-state index is 13.6. The first-order valence-corrected chi connectivity index (χ1v) is 7.16. The molecule has 0 heterocycles. The topological polar surface area (TPSA) is 26.0 Å². The molecule has 0 aliphatic rings. The Bertz CT molecular complexity index is 349. The van der Waals surface area contributed by atoms with E-state index in [1.165, 1.54) is 38.2 Å². The highest BCUT2D eigenvalue weighted by molar-refractivity contribution is 5.26. The van der Waals surface area contributed by atoms with Gasteiger partial charge < -0.3 is 5.73 Å². The van der Waals surface area contributed by atoms with Crippen LogP contribution in [0.4, 0.5) is 4.39 Å². The van der Waals surface area contributed by atoms with E-state index in [4.69, 9.17) is 5.73 Å². The molecule has 1 atom stereocenters. The lowest BCUT2D eigenvalue weighted by Gasteiger charge is -2.13. The molecule has 0 aliphatic heterocycles. The molecule has 0 saturated heterocycles. The van der Waals surface area contributed by atoms with Gasteiger partial charge in [-0.3, -0.25) is 0 Å². The van der Waals surface area contributed by atoms with Crippen molar-refractivity contribution in [1.29, 1.82) is 0 Å². The van der Waals surface area contributed by atoms with Gasteiger partial charge >= 0.3 is 0 Å². The Hall–Kier alpha value is -0.890. The quantitative estimate of drug-likeness (QED) is 0.654. The molecule has 0 aromatic heterocycles. The Morgan fingerprint density at radius 3 is 2.50 bits per heavy atom. The highest BCUT2D eigenvalue weighted by Gasteiger charge is 2.11. The molecule has 102 valence electrons. The molecular weight excluding hydrogens is 225 g/mol. The van der Waals surface area contributed by atoms with E-state index in [2.05, 4.69) is 6.92 Å². The molecule has 0 amide bonds. The number of unbranched alkanes of at least 4 members (excludes halogenated alkanes) is 5. The Balaban J connectivity index is 2.31. The zero-order chi connectivity index (χ0) is 13.4. The third-order valence-corrected chi connectivity index (χ3v) is 3.42. The van der Waals surface area contributed by atoms with Crippen LogP contribution in [0.5, 0.6) is 0 Å². The first-order chi connectivity index (χ1) is 8.65. The first kappa shape index (κ1) is 15.2. The normalized spacial score (nSPS) is 12.7. The molecule has 18 heavy (non-hydrogen) atoms. The maximum absolute atomic E-state index is 13.6. The molecule has 0 fully saturated rings. The van der Waals surface area contributed by atoms with Crippen LogP contribution in [-0.4, -0.2) is 0 Å². The zero-order valence-corrected chi connectivity index (χ0v) is 11.7. The van der Waals surface area contributed by atoms with E-state index in [0.717, 1.165) is 18.4 Å². The summed E-state index contributed by atoms with van der Waals surface area (Å²) in [6, 6.07) is 5.02. The summed E-state index contributed by atoms with van der Waals surface area (Å²) in [4.78, 5) is 0. The van der Waals surface area contributed by atoms with Crippen molar-refractivity contribution in [3.05, 3.63) is 35.1 Å². The van der Waals surface area contributed by atoms with Gasteiger partial charge in [-0.05, 0) is 19.4 Å². The summed E-state index contributed by atoms with van der Waals surface area (Å²) in [7, 11) is 0. The second-order valence-electron chi connectivity index (χ2n) is 5.19. The van der Waals surface area contributed by atoms with E-state index in [-0.39, 0.29) is 11.9 Å². The highest BCUT2D eigenvalue weighted by atomic mass is 19.1. The summed E-state index contributed by atoms with van der Waals surface area (Å²) in [6.45, 7) is 4.19. The summed E-state index contributed by atoms with van der Waals surface area (Å²) >= 11 is 0. The average Bonchev–Trinajstić information content (AvgIpc) is 2.36. The van der Waals surface area contributed by atoms with Gasteiger partial charge in [0.05, 0.1) is 0 Å². The predicted octanol–water partition coefficient (Wildman–Crippen LogP) is 4.88. The minimum Gasteiger partial charge on any atom is -0.324 e. The van der Waals surface area contributed by atoms with E-state index < -0.39 is 0 Å². The standard InChI is InChI=1S/C16H26FN/c1-3-4-5-6-7-8-9-16(18)14-12-13(2)10-11-15(14)17/h10-12,16H,3-9,18H2,1-2H3. The van der Waals surface area contributed by atoms with Gasteiger partial charge in [0.2, 0.25) is 0 Å². The largest absolute Gasteiger partial charge is 0.324 e. The fourth-order valence-electron chi connectivity index (χ4n) is 2.25. The van der Waals surface area contributed by atoms with E-state index in [9.17, 15) is 4.39 Å². The van der Waals surface area contributed by atoms with Gasteiger partial charge in [0.1, 0.15) is 5.82 Å². The number of hydrogen-bond acceptors (Lipinski definition) is 1. The molecule has 1 aromatic rings. The lowest BCUT2D eigenvalue weighted by molar-refractivity contribution is 0.523. The van der Waals surface area contributed by atoms with Crippen molar-refractivity contribution >= 4 is 0 Å². The molecule has 1 unspecified atom stereocenters. The van der Waals surface area contributed by atoms with Crippen LogP contribution in [0.15, 0.2) is 18.2 Å². The van der Waals surface area contributed by atoms with Crippen LogP contribution in [0.2, 0.25) is 0 Å². The van der Waals surface area contributed by atoms with Crippen LogP contribution in [0.3, 0.4) is 0 Å². The fourth-order valence-corrected chi connectivity index (χ4v) is 2.25. The number of aryl methyl sites for hydroxylation is 1. The lowest BCUT2D eigenvalue weighted by Crippen LogP contribution is -2.12. The lowest BCUT2D eigenvalue weighted by atomic mass is 9.98. The molecule has 0 aliphatic carbocycles. The van der Waals surface area contributed by atoms with E-state index >= 15 is 0 Å². The van der Waals surface area contributed by atoms with Crippen molar-refractivity contribution in [3.8, 4) is 0 Å². The number of nitrogens with two attached hydrogens (primary N) is 1. The second kappa shape index (κ2) is 8.25. The van der Waals surface area contributed by atoms with E-state index in [0.29, 0.717) is 5.56 Å². The molecule has 1 aromatic carbocycles. The fraction of sp³-hybridized carbons (Fsp3) is 0.625. The minimum atomic E-state index is -0.168. The van der Waals surface area contributed by atoms with Gasteiger partial charge in [0.25, 0.3) is 0 Å². The van der Waals surface area contributed by atoms with Crippen LogP contribution in [0.25, 0.3) is 0 Å². The molecular formula is C16H26FN. The van der Waals surface area contributed by atoms with E-state index in [1.54, 1.807) is 6.07 Å². The van der Waals surface area contributed by atoms with Crippen LogP contribution in [0, 0.1) is 12.7 Å². The molecule has 0 radical (unpaired) electrons. The summed E-state index contributed by atoms with van der Waals surface area (Å²) in [6.07, 6.45) is 8.36. The Labute approximate surface area is 111 Å². The van der Waals surface area contributed by atoms with Crippen LogP contribution >= 0.6 is 0 Å². The zero-order valence-electron chi connectivity index (χ0n) is 11.7. The summed E-state index contributed by atoms with van der Waals surface area (Å²) in [5.41, 5.74) is 7.81. The van der Waals surface area contributed by atoms with E-state index in [1.807, 2.05) is 13.0 Å². The van der Waals surface area contributed by atoms with Crippen LogP contribution in [-0.2, 0) is 0 Å². The van der Waals surface area contributed by atoms with Gasteiger partial charge in [-0.25, -0.2) is 4.39 Å². The van der Waals surface area contributed by atoms with Crippen molar-refractivity contribution in [2.45, 2.75) is 64.8 Å². The third kappa shape index (κ3) is 5.18. The Kier molecular flexibility index (Phi) is 6.96. The molecule has 2 N–H and O–H groups in total. The maximum Gasteiger partial charge on any atom is 0.127 e. The van der Waals surface area contributed by atoms with Gasteiger partial charge in [-0.2, -0.15) is 0 Å². The second-order valence-corrected chi connectivity index (χ2v) is 5.19. The van der Waals surface area contributed by atoms with Crippen molar-refractivity contribution in [3.63, 3.8) is 0 Å². The molecule has 0 saturated carbocycles. The minimum absolute atomic E-state index is 0.156. The summed E-state index contributed by atoms with van der Waals surface area (Å²) in [5, 5.41) is 0. The van der Waals surface area contributed by atoms with Gasteiger partial charge in [-0.1, -0.05) is 63.1 Å². The van der Waals surface area contributed by atoms with Crippen LogP contribution < -0.4 is 5.73 Å². The third-order valence-electron chi connectivity index (χ3n) is 3.42. The molecule has 2 heteroatoms. The molecule has 1 rings (SSSR count). The molecule has 0 bridgehead atoms. The average molecular weight is 251 g/mol. The predicted molar refractivity (Wildman–Crippen MR) is 76.1 cm³/mol. The van der Waals surface area contributed by atoms with Crippen molar-refractivity contribution in [2.24, 2.45) is 5.73 Å². The van der Waals surface area contributed by atoms with Crippen molar-refractivity contribution in [2.75, 3.05) is 0 Å². The molecule has 1 nitrogen and oxygen atoms in total. The number of rotatable bonds is 8. The number of halogens is 1. The Morgan fingerprint density at radius 2 is 1.78 bits per heavy atom. The molecule has 0 spiro atoms. The highest BCUT2D eigenvalue weighted by Crippen LogP contribution is 2.21. The SMILES string of the molecule is CCCCCCCCC(N)c1cc(C)ccc1F. The van der Waals surface area contributed by atoms with Crippen LogP contribution in [0.1, 0.15) is 69.0 Å². The van der Waals surface area contributed by atoms with Gasteiger partial charge in [-0.15, -0.1) is 0 Å². The van der Waals surface area contributed by atoms with Gasteiger partial charge in [0, 0.05) is 11.6 Å². The monoisotopic (exact) mass is 251 g/mol. The summed E-state index contributed by atoms with van der Waals surface area (Å²) in [5.74, 6) is -0.168. The van der Waals surface area contributed by atoms with Crippen molar-refractivity contribution in [1.82, 2.24) is 0 Å². The first-order valence-electron chi connectivity index (χ1n) is 7.16. The number of hydrogen-bond donors (Lipinski definition) is 1. The van der Waals surface area contributed by atoms with Crippen molar-refractivity contribution < 1.29 is 4.39 Å². The number of benzene rings is 1. The summed E-state index contributed by atoms with van der Waals surface area (Å²) < 4.78 is 13.6. The smallest absolute Gasteiger partial charge is 0.127 e. The Morgan fingerprint density at radius 1 is 1.11 bits per heavy atom.